The average molecular weight is 495 g/mol. The topological polar surface area (TPSA) is 52.1 Å². The second-order valence-corrected chi connectivity index (χ2v) is 8.52. The maximum atomic E-state index is 5.47. The van der Waals surface area contributed by atoms with Crippen molar-refractivity contribution >= 4 is 29.9 Å². The van der Waals surface area contributed by atoms with E-state index in [4.69, 9.17) is 4.74 Å². The van der Waals surface area contributed by atoms with E-state index in [1.807, 2.05) is 7.05 Å². The number of hydrogen-bond donors (Lipinski definition) is 2. The predicted octanol–water partition coefficient (Wildman–Crippen LogP) is 2.39. The third-order valence-electron chi connectivity index (χ3n) is 5.71. The first-order valence-corrected chi connectivity index (χ1v) is 10.5. The normalized spacial score (nSPS) is 23.0. The lowest BCUT2D eigenvalue weighted by Crippen LogP contribution is -2.56. The van der Waals surface area contributed by atoms with E-state index in [0.717, 1.165) is 51.3 Å². The van der Waals surface area contributed by atoms with Gasteiger partial charge in [-0.15, -0.1) is 24.0 Å². The minimum Gasteiger partial charge on any atom is -0.379 e. The van der Waals surface area contributed by atoms with Crippen molar-refractivity contribution in [1.82, 2.24) is 20.4 Å². The molecule has 0 radical (unpaired) electrons. The molecule has 0 saturated carbocycles. The molecule has 0 bridgehead atoms. The molecule has 2 fully saturated rings. The van der Waals surface area contributed by atoms with Gasteiger partial charge < -0.3 is 20.3 Å². The number of morpholine rings is 1. The molecule has 0 aromatic heterocycles. The number of halogens is 1. The standard InChI is InChI=1S/C20H41N5O.HI/c1-18-8-7-11-24(16-18)10-6-5-9-22-19(21-4)23-17-20(2,3)25-12-14-26-15-13-25;/h18H,5-17H2,1-4H3,(H2,21,22,23);1H. The average Bonchev–Trinajstić information content (AvgIpc) is 2.65. The minimum atomic E-state index is 0. The molecule has 0 amide bonds. The lowest BCUT2D eigenvalue weighted by Gasteiger charge is -2.41. The smallest absolute Gasteiger partial charge is 0.191 e. The largest absolute Gasteiger partial charge is 0.379 e. The number of ether oxygens (including phenoxy) is 1. The Kier molecular flexibility index (Phi) is 12.2. The molecule has 1 atom stereocenters. The van der Waals surface area contributed by atoms with Crippen LogP contribution in [0.1, 0.15) is 46.5 Å². The molecule has 0 spiro atoms. The van der Waals surface area contributed by atoms with Crippen molar-refractivity contribution in [2.24, 2.45) is 10.9 Å². The van der Waals surface area contributed by atoms with Gasteiger partial charge in [-0.05, 0) is 58.5 Å². The molecular formula is C20H42IN5O. The molecule has 7 heteroatoms. The molecule has 27 heavy (non-hydrogen) atoms. The SMILES string of the molecule is CN=C(NCCCCN1CCCC(C)C1)NCC(C)(C)N1CCOCC1.I. The molecule has 2 rings (SSSR count). The van der Waals surface area contributed by atoms with Crippen LogP contribution in [0.5, 0.6) is 0 Å². The maximum Gasteiger partial charge on any atom is 0.191 e. The molecule has 6 nitrogen and oxygen atoms in total. The van der Waals surface area contributed by atoms with Crippen molar-refractivity contribution < 1.29 is 4.74 Å². The maximum absolute atomic E-state index is 5.47. The highest BCUT2D eigenvalue weighted by Crippen LogP contribution is 2.16. The van der Waals surface area contributed by atoms with Gasteiger partial charge in [-0.1, -0.05) is 6.92 Å². The van der Waals surface area contributed by atoms with E-state index in [9.17, 15) is 0 Å². The highest BCUT2D eigenvalue weighted by molar-refractivity contribution is 14.0. The molecule has 0 aliphatic carbocycles. The summed E-state index contributed by atoms with van der Waals surface area (Å²) in [6.07, 6.45) is 5.23. The Morgan fingerprint density at radius 2 is 1.89 bits per heavy atom. The van der Waals surface area contributed by atoms with Gasteiger partial charge in [0.1, 0.15) is 0 Å². The van der Waals surface area contributed by atoms with Gasteiger partial charge in [0, 0.05) is 45.3 Å². The van der Waals surface area contributed by atoms with E-state index >= 15 is 0 Å². The quantitative estimate of drug-likeness (QED) is 0.235. The Labute approximate surface area is 183 Å². The molecule has 2 aliphatic heterocycles. The molecule has 2 aliphatic rings. The number of unbranched alkanes of at least 4 members (excludes halogenated alkanes) is 1. The highest BCUT2D eigenvalue weighted by atomic mass is 127. The van der Waals surface area contributed by atoms with Crippen molar-refractivity contribution in [2.75, 3.05) is 66.1 Å². The fourth-order valence-corrected chi connectivity index (χ4v) is 3.96. The molecule has 2 saturated heterocycles. The Balaban J connectivity index is 0.00000364. The number of nitrogens with zero attached hydrogens (tertiary/aromatic N) is 3. The van der Waals surface area contributed by atoms with Crippen LogP contribution in [0, 0.1) is 5.92 Å². The van der Waals surface area contributed by atoms with Crippen LogP contribution in [0.25, 0.3) is 0 Å². The van der Waals surface area contributed by atoms with E-state index in [2.05, 4.69) is 46.2 Å². The third kappa shape index (κ3) is 9.28. The molecule has 2 heterocycles. The van der Waals surface area contributed by atoms with E-state index < -0.39 is 0 Å². The first-order valence-electron chi connectivity index (χ1n) is 10.5. The summed E-state index contributed by atoms with van der Waals surface area (Å²) in [5.41, 5.74) is 0.104. The lowest BCUT2D eigenvalue weighted by molar-refractivity contribution is -0.00833. The summed E-state index contributed by atoms with van der Waals surface area (Å²) in [4.78, 5) is 9.50. The van der Waals surface area contributed by atoms with Crippen LogP contribution in [0.15, 0.2) is 4.99 Å². The van der Waals surface area contributed by atoms with Crippen molar-refractivity contribution in [3.63, 3.8) is 0 Å². The first-order chi connectivity index (χ1) is 12.5. The predicted molar refractivity (Wildman–Crippen MR) is 125 cm³/mol. The van der Waals surface area contributed by atoms with Gasteiger partial charge in [0.25, 0.3) is 0 Å². The molecule has 1 unspecified atom stereocenters. The van der Waals surface area contributed by atoms with E-state index in [-0.39, 0.29) is 29.5 Å². The van der Waals surface area contributed by atoms with Crippen LogP contribution < -0.4 is 10.6 Å². The first kappa shape index (κ1) is 24.9. The number of rotatable bonds is 8. The van der Waals surface area contributed by atoms with Crippen molar-refractivity contribution in [1.29, 1.82) is 0 Å². The summed E-state index contributed by atoms with van der Waals surface area (Å²) >= 11 is 0. The lowest BCUT2D eigenvalue weighted by atomic mass is 10.0. The second kappa shape index (κ2) is 13.2. The summed E-state index contributed by atoms with van der Waals surface area (Å²) in [6, 6.07) is 0. The number of piperidine rings is 1. The Hall–Kier alpha value is -0.120. The van der Waals surface area contributed by atoms with Gasteiger partial charge in [0.05, 0.1) is 13.2 Å². The van der Waals surface area contributed by atoms with Crippen molar-refractivity contribution in [3.05, 3.63) is 0 Å². The van der Waals surface area contributed by atoms with Gasteiger partial charge in [-0.2, -0.15) is 0 Å². The number of aliphatic imine (C=N–C) groups is 1. The van der Waals surface area contributed by atoms with E-state index in [1.165, 1.54) is 45.3 Å². The van der Waals surface area contributed by atoms with Crippen LogP contribution in [0.4, 0.5) is 0 Å². The summed E-state index contributed by atoms with van der Waals surface area (Å²) < 4.78 is 5.47. The zero-order valence-corrected chi connectivity index (χ0v) is 20.3. The summed E-state index contributed by atoms with van der Waals surface area (Å²) in [7, 11) is 1.85. The van der Waals surface area contributed by atoms with Gasteiger partial charge in [-0.3, -0.25) is 9.89 Å². The molecule has 0 aromatic rings. The Morgan fingerprint density at radius 1 is 1.15 bits per heavy atom. The summed E-state index contributed by atoms with van der Waals surface area (Å²) in [6.45, 7) is 16.3. The zero-order chi connectivity index (χ0) is 18.8. The van der Waals surface area contributed by atoms with E-state index in [0.29, 0.717) is 0 Å². The van der Waals surface area contributed by atoms with Crippen LogP contribution >= 0.6 is 24.0 Å². The van der Waals surface area contributed by atoms with Gasteiger partial charge in [0.2, 0.25) is 0 Å². The van der Waals surface area contributed by atoms with Crippen molar-refractivity contribution in [2.45, 2.75) is 52.0 Å². The molecular weight excluding hydrogens is 453 g/mol. The monoisotopic (exact) mass is 495 g/mol. The van der Waals surface area contributed by atoms with Crippen LogP contribution in [0.3, 0.4) is 0 Å². The highest BCUT2D eigenvalue weighted by Gasteiger charge is 2.28. The molecule has 0 aromatic carbocycles. The van der Waals surface area contributed by atoms with Crippen LogP contribution in [-0.2, 0) is 4.74 Å². The third-order valence-corrected chi connectivity index (χ3v) is 5.71. The molecule has 2 N–H and O–H groups in total. The van der Waals surface area contributed by atoms with E-state index in [1.54, 1.807) is 0 Å². The number of guanidine groups is 1. The Morgan fingerprint density at radius 3 is 2.56 bits per heavy atom. The number of nitrogens with one attached hydrogen (secondary N) is 2. The minimum absolute atomic E-state index is 0. The van der Waals surface area contributed by atoms with Gasteiger partial charge >= 0.3 is 0 Å². The number of hydrogen-bond acceptors (Lipinski definition) is 4. The van der Waals surface area contributed by atoms with Gasteiger partial charge in [0.15, 0.2) is 5.96 Å². The fourth-order valence-electron chi connectivity index (χ4n) is 3.96. The van der Waals surface area contributed by atoms with Crippen LogP contribution in [-0.4, -0.2) is 87.4 Å². The van der Waals surface area contributed by atoms with Crippen molar-refractivity contribution in [3.8, 4) is 0 Å². The van der Waals surface area contributed by atoms with Gasteiger partial charge in [-0.25, -0.2) is 0 Å². The second-order valence-electron chi connectivity index (χ2n) is 8.52. The molecule has 160 valence electrons. The van der Waals surface area contributed by atoms with Crippen LogP contribution in [0.2, 0.25) is 0 Å². The fraction of sp³-hybridized carbons (Fsp3) is 0.950. The summed E-state index contributed by atoms with van der Waals surface area (Å²) in [5, 5.41) is 6.97. The number of likely N-dealkylation sites (tertiary alicyclic amines) is 1. The summed E-state index contributed by atoms with van der Waals surface area (Å²) in [5.74, 6) is 1.79. The zero-order valence-electron chi connectivity index (χ0n) is 17.9. The Bertz CT molecular complexity index is 427.